The zero-order valence-electron chi connectivity index (χ0n) is 17.0. The third kappa shape index (κ3) is 6.31. The van der Waals surface area contributed by atoms with Crippen LogP contribution in [0.15, 0.2) is 98.1 Å². The summed E-state index contributed by atoms with van der Waals surface area (Å²) >= 11 is 0. The van der Waals surface area contributed by atoms with Crippen LogP contribution in [-0.4, -0.2) is 0 Å². The average molecular weight is 358 g/mol. The van der Waals surface area contributed by atoms with Gasteiger partial charge in [-0.25, -0.2) is 0 Å². The van der Waals surface area contributed by atoms with Crippen molar-refractivity contribution in [2.45, 2.75) is 27.7 Å². The van der Waals surface area contributed by atoms with Crippen LogP contribution in [0.5, 0.6) is 0 Å². The van der Waals surface area contributed by atoms with Gasteiger partial charge in [-0.15, -0.1) is 0 Å². The second kappa shape index (κ2) is 12.3. The van der Waals surface area contributed by atoms with Crippen LogP contribution in [-0.2, 0) is 0 Å². The summed E-state index contributed by atoms with van der Waals surface area (Å²) in [6.07, 6.45) is 12.0. The number of nitrogens with one attached hydrogen (secondary N) is 1. The summed E-state index contributed by atoms with van der Waals surface area (Å²) in [6, 6.07) is 16.6. The first-order valence-corrected chi connectivity index (χ1v) is 9.44. The molecule has 0 spiro atoms. The van der Waals surface area contributed by atoms with E-state index in [2.05, 4.69) is 74.0 Å². The summed E-state index contributed by atoms with van der Waals surface area (Å²) < 4.78 is 0. The first-order valence-electron chi connectivity index (χ1n) is 9.44. The molecule has 0 aliphatic rings. The van der Waals surface area contributed by atoms with Gasteiger partial charge in [-0.1, -0.05) is 87.7 Å². The summed E-state index contributed by atoms with van der Waals surface area (Å²) in [5.41, 5.74) is 6.63. The predicted octanol–water partition coefficient (Wildman–Crippen LogP) is 8.19. The minimum absolute atomic E-state index is 1.04. The van der Waals surface area contributed by atoms with Gasteiger partial charge in [-0.3, -0.25) is 0 Å². The maximum absolute atomic E-state index is 3.97. The molecule has 0 saturated carbocycles. The molecular weight excluding hydrogens is 326 g/mol. The van der Waals surface area contributed by atoms with E-state index in [9.17, 15) is 0 Å². The number of hydrogen-bond donors (Lipinski definition) is 1. The fourth-order valence-electron chi connectivity index (χ4n) is 2.72. The Hall–Kier alpha value is -3.06. The molecular formula is C26H31N. The van der Waals surface area contributed by atoms with Gasteiger partial charge in [0, 0.05) is 11.4 Å². The van der Waals surface area contributed by atoms with E-state index < -0.39 is 0 Å². The van der Waals surface area contributed by atoms with Crippen LogP contribution >= 0.6 is 0 Å². The van der Waals surface area contributed by atoms with Crippen molar-refractivity contribution in [1.29, 1.82) is 0 Å². The molecule has 0 amide bonds. The van der Waals surface area contributed by atoms with Crippen molar-refractivity contribution in [2.24, 2.45) is 0 Å². The maximum atomic E-state index is 3.97. The van der Waals surface area contributed by atoms with E-state index in [1.807, 2.05) is 51.1 Å². The van der Waals surface area contributed by atoms with Gasteiger partial charge < -0.3 is 5.32 Å². The van der Waals surface area contributed by atoms with E-state index in [1.165, 1.54) is 11.1 Å². The van der Waals surface area contributed by atoms with Crippen LogP contribution in [0.4, 0.5) is 11.4 Å². The molecule has 0 fully saturated rings. The lowest BCUT2D eigenvalue weighted by Gasteiger charge is -2.15. The summed E-state index contributed by atoms with van der Waals surface area (Å²) in [6.45, 7) is 15.9. The Morgan fingerprint density at radius 1 is 0.852 bits per heavy atom. The summed E-state index contributed by atoms with van der Waals surface area (Å²) in [5.74, 6) is 0. The molecule has 2 rings (SSSR count). The largest absolute Gasteiger partial charge is 0.356 e. The smallest absolute Gasteiger partial charge is 0.0390 e. The number of rotatable bonds is 7. The monoisotopic (exact) mass is 357 g/mol. The normalized spacial score (nSPS) is 11.6. The van der Waals surface area contributed by atoms with Crippen LogP contribution in [0.3, 0.4) is 0 Å². The van der Waals surface area contributed by atoms with E-state index >= 15 is 0 Å². The average Bonchev–Trinajstić information content (AvgIpc) is 2.72. The van der Waals surface area contributed by atoms with Gasteiger partial charge in [0.05, 0.1) is 0 Å². The van der Waals surface area contributed by atoms with Gasteiger partial charge in [0.2, 0.25) is 0 Å². The second-order valence-electron chi connectivity index (χ2n) is 5.56. The molecule has 0 heterocycles. The Balaban J connectivity index is 0.00000176. The first kappa shape index (κ1) is 22.0. The highest BCUT2D eigenvalue weighted by Gasteiger charge is 2.09. The number of benzene rings is 2. The Kier molecular flexibility index (Phi) is 10.0. The van der Waals surface area contributed by atoms with Gasteiger partial charge in [0.15, 0.2) is 0 Å². The number of hydrogen-bond acceptors (Lipinski definition) is 1. The Bertz CT molecular complexity index is 821. The number of para-hydroxylation sites is 1. The zero-order chi connectivity index (χ0) is 20.1. The number of anilines is 2. The highest BCUT2D eigenvalue weighted by Crippen LogP contribution is 2.31. The predicted molar refractivity (Wildman–Crippen MR) is 124 cm³/mol. The number of allylic oxidation sites excluding steroid dienone is 8. The lowest BCUT2D eigenvalue weighted by atomic mass is 9.93. The summed E-state index contributed by atoms with van der Waals surface area (Å²) in [4.78, 5) is 0. The lowest BCUT2D eigenvalue weighted by molar-refractivity contribution is 1.49. The minimum atomic E-state index is 1.04. The van der Waals surface area contributed by atoms with Crippen molar-refractivity contribution in [2.75, 3.05) is 5.32 Å². The molecule has 0 aliphatic carbocycles. The van der Waals surface area contributed by atoms with Crippen LogP contribution in [0, 0.1) is 0 Å². The van der Waals surface area contributed by atoms with E-state index in [-0.39, 0.29) is 0 Å². The topological polar surface area (TPSA) is 12.0 Å². The molecule has 2 aromatic rings. The Morgan fingerprint density at radius 2 is 1.56 bits per heavy atom. The molecule has 0 saturated heterocycles. The van der Waals surface area contributed by atoms with Gasteiger partial charge in [0.25, 0.3) is 0 Å². The van der Waals surface area contributed by atoms with E-state index in [4.69, 9.17) is 0 Å². The molecule has 2 aromatic carbocycles. The highest BCUT2D eigenvalue weighted by atomic mass is 14.9. The van der Waals surface area contributed by atoms with Gasteiger partial charge in [-0.2, -0.15) is 0 Å². The molecule has 0 unspecified atom stereocenters. The standard InChI is InChI=1S/C24H25N.C2H6/c1-5-12-19(7-3)23-17-16-22(25-21-14-10-9-11-15-21)18-24(23)20(8-4)13-6-2;1-2/h5-18,25H,2,4H2,1,3H3;1-2H3/b12-5-,19-7+,20-13+;. The van der Waals surface area contributed by atoms with Gasteiger partial charge in [-0.05, 0) is 60.4 Å². The molecule has 1 nitrogen and oxygen atoms in total. The lowest BCUT2D eigenvalue weighted by Crippen LogP contribution is -1.96. The molecule has 0 aromatic heterocycles. The fourth-order valence-corrected chi connectivity index (χ4v) is 2.72. The molecule has 140 valence electrons. The molecule has 0 bridgehead atoms. The molecule has 27 heavy (non-hydrogen) atoms. The molecule has 0 atom stereocenters. The third-order valence-electron chi connectivity index (χ3n) is 3.88. The van der Waals surface area contributed by atoms with Crippen molar-refractivity contribution in [3.05, 3.63) is 109 Å². The maximum Gasteiger partial charge on any atom is 0.0390 e. The Labute approximate surface area is 165 Å². The fraction of sp³-hybridized carbons (Fsp3) is 0.154. The molecule has 0 aliphatic heterocycles. The van der Waals surface area contributed by atoms with Gasteiger partial charge in [0.1, 0.15) is 0 Å². The summed E-state index contributed by atoms with van der Waals surface area (Å²) in [5, 5.41) is 3.46. The van der Waals surface area contributed by atoms with Crippen molar-refractivity contribution in [3.63, 3.8) is 0 Å². The minimum Gasteiger partial charge on any atom is -0.356 e. The quantitative estimate of drug-likeness (QED) is 0.492. The SMILES string of the molecule is C=C/C=C(\C=C)c1cc(Nc2ccccc2)ccc1C(/C=C\C)=C/C.CC. The molecule has 1 heteroatoms. The zero-order valence-corrected chi connectivity index (χ0v) is 17.0. The van der Waals surface area contributed by atoms with Crippen LogP contribution < -0.4 is 5.32 Å². The third-order valence-corrected chi connectivity index (χ3v) is 3.88. The molecule has 1 N–H and O–H groups in total. The van der Waals surface area contributed by atoms with Crippen LogP contribution in [0.1, 0.15) is 38.8 Å². The van der Waals surface area contributed by atoms with E-state index in [0.29, 0.717) is 0 Å². The summed E-state index contributed by atoms with van der Waals surface area (Å²) in [7, 11) is 0. The van der Waals surface area contributed by atoms with E-state index in [0.717, 1.165) is 22.5 Å². The van der Waals surface area contributed by atoms with Crippen LogP contribution in [0.2, 0.25) is 0 Å². The van der Waals surface area contributed by atoms with Gasteiger partial charge >= 0.3 is 0 Å². The van der Waals surface area contributed by atoms with Crippen molar-refractivity contribution < 1.29 is 0 Å². The van der Waals surface area contributed by atoms with Crippen molar-refractivity contribution >= 4 is 22.5 Å². The van der Waals surface area contributed by atoms with Crippen LogP contribution in [0.25, 0.3) is 11.1 Å². The van der Waals surface area contributed by atoms with E-state index in [1.54, 1.807) is 6.08 Å². The first-order chi connectivity index (χ1) is 13.2. The highest BCUT2D eigenvalue weighted by molar-refractivity contribution is 5.88. The second-order valence-corrected chi connectivity index (χ2v) is 5.56. The Morgan fingerprint density at radius 3 is 2.11 bits per heavy atom. The molecule has 0 radical (unpaired) electrons. The van der Waals surface area contributed by atoms with Crippen molar-refractivity contribution in [3.8, 4) is 0 Å². The van der Waals surface area contributed by atoms with Crippen molar-refractivity contribution in [1.82, 2.24) is 0 Å².